The van der Waals surface area contributed by atoms with Crippen molar-refractivity contribution in [3.63, 3.8) is 0 Å². The van der Waals surface area contributed by atoms with E-state index in [-0.39, 0.29) is 10.6 Å². The fourth-order valence-corrected chi connectivity index (χ4v) is 1.42. The average molecular weight is 215 g/mol. The number of fused-ring (bicyclic) bond motifs is 1. The number of halogens is 2. The van der Waals surface area contributed by atoms with Crippen molar-refractivity contribution >= 4 is 22.6 Å². The van der Waals surface area contributed by atoms with Gasteiger partial charge in [-0.1, -0.05) is 11.6 Å². The fourth-order valence-electron chi connectivity index (χ4n) is 1.27. The van der Waals surface area contributed by atoms with Crippen LogP contribution in [-0.2, 0) is 0 Å². The Morgan fingerprint density at radius 2 is 2.21 bits per heavy atom. The van der Waals surface area contributed by atoms with Gasteiger partial charge in [0.25, 0.3) is 0 Å². The van der Waals surface area contributed by atoms with Gasteiger partial charge < -0.3 is 9.52 Å². The quantitative estimate of drug-likeness (QED) is 0.790. The van der Waals surface area contributed by atoms with E-state index < -0.39 is 11.9 Å². The van der Waals surface area contributed by atoms with Gasteiger partial charge in [0, 0.05) is 5.39 Å². The van der Waals surface area contributed by atoms with E-state index in [0.29, 0.717) is 11.1 Å². The molecule has 0 spiro atoms. The van der Waals surface area contributed by atoms with E-state index in [0.717, 1.165) is 0 Å². The number of rotatable bonds is 1. The molecule has 0 aliphatic carbocycles. The summed E-state index contributed by atoms with van der Waals surface area (Å²) in [7, 11) is 0. The highest BCUT2D eigenvalue weighted by Crippen LogP contribution is 2.29. The molecule has 0 amide bonds. The van der Waals surface area contributed by atoms with E-state index in [2.05, 4.69) is 0 Å². The molecule has 14 heavy (non-hydrogen) atoms. The van der Waals surface area contributed by atoms with Crippen LogP contribution in [0.25, 0.3) is 11.0 Å². The molecule has 1 N–H and O–H groups in total. The highest BCUT2D eigenvalue weighted by atomic mass is 35.5. The summed E-state index contributed by atoms with van der Waals surface area (Å²) in [5.41, 5.74) is 0.0911. The van der Waals surface area contributed by atoms with Gasteiger partial charge in [0.15, 0.2) is 11.4 Å². The summed E-state index contributed by atoms with van der Waals surface area (Å²) in [5, 5.41) is 9.85. The first-order valence-electron chi connectivity index (χ1n) is 4.15. The number of aliphatic hydroxyl groups is 1. The molecule has 0 aliphatic heterocycles. The molecule has 74 valence electrons. The van der Waals surface area contributed by atoms with Crippen LogP contribution < -0.4 is 0 Å². The predicted molar refractivity (Wildman–Crippen MR) is 51.8 cm³/mol. The lowest BCUT2D eigenvalue weighted by Gasteiger charge is -1.96. The zero-order valence-electron chi connectivity index (χ0n) is 7.42. The van der Waals surface area contributed by atoms with Gasteiger partial charge >= 0.3 is 0 Å². The van der Waals surface area contributed by atoms with Crippen LogP contribution in [0.15, 0.2) is 22.6 Å². The van der Waals surface area contributed by atoms with Crippen molar-refractivity contribution in [1.29, 1.82) is 0 Å². The molecule has 1 unspecified atom stereocenters. The van der Waals surface area contributed by atoms with Crippen LogP contribution in [-0.4, -0.2) is 5.11 Å². The Hall–Kier alpha value is -1.06. The smallest absolute Gasteiger partial charge is 0.184 e. The summed E-state index contributed by atoms with van der Waals surface area (Å²) in [4.78, 5) is 0. The van der Waals surface area contributed by atoms with Gasteiger partial charge in [0.05, 0.1) is 5.02 Å². The predicted octanol–water partition coefficient (Wildman–Crippen LogP) is 3.28. The van der Waals surface area contributed by atoms with Gasteiger partial charge in [-0.05, 0) is 25.1 Å². The molecule has 1 atom stereocenters. The standard InChI is InChI=1S/C10H8ClFO2/c1-5(13)8-4-6-2-3-7(11)9(12)10(6)14-8/h2-5,13H,1H3. The van der Waals surface area contributed by atoms with Gasteiger partial charge in [-0.25, -0.2) is 4.39 Å². The van der Waals surface area contributed by atoms with Crippen molar-refractivity contribution in [2.24, 2.45) is 0 Å². The molecule has 0 aliphatic rings. The average Bonchev–Trinajstić information content (AvgIpc) is 2.56. The molecule has 2 nitrogen and oxygen atoms in total. The van der Waals surface area contributed by atoms with Crippen LogP contribution in [0.2, 0.25) is 5.02 Å². The summed E-state index contributed by atoms with van der Waals surface area (Å²) in [6.45, 7) is 1.55. The van der Waals surface area contributed by atoms with E-state index in [1.165, 1.54) is 6.07 Å². The number of hydrogen-bond donors (Lipinski definition) is 1. The fraction of sp³-hybridized carbons (Fsp3) is 0.200. The van der Waals surface area contributed by atoms with Gasteiger partial charge in [0.2, 0.25) is 0 Å². The first kappa shape index (κ1) is 9.49. The Morgan fingerprint density at radius 3 is 2.86 bits per heavy atom. The summed E-state index contributed by atoms with van der Waals surface area (Å²) >= 11 is 5.58. The molecule has 0 bridgehead atoms. The van der Waals surface area contributed by atoms with Crippen molar-refractivity contribution in [2.45, 2.75) is 13.0 Å². The minimum Gasteiger partial charge on any atom is -0.455 e. The molecule has 0 saturated heterocycles. The number of furan rings is 1. The maximum absolute atomic E-state index is 13.4. The highest BCUT2D eigenvalue weighted by molar-refractivity contribution is 6.31. The molecule has 2 aromatic rings. The molecule has 0 saturated carbocycles. The molecule has 4 heteroatoms. The number of hydrogen-bond acceptors (Lipinski definition) is 2. The van der Waals surface area contributed by atoms with Crippen LogP contribution in [0.4, 0.5) is 4.39 Å². The zero-order valence-corrected chi connectivity index (χ0v) is 8.18. The normalized spacial score (nSPS) is 13.4. The second kappa shape index (κ2) is 3.26. The van der Waals surface area contributed by atoms with Gasteiger partial charge in [-0.15, -0.1) is 0 Å². The minimum absolute atomic E-state index is 0.0176. The van der Waals surface area contributed by atoms with E-state index in [9.17, 15) is 9.50 Å². The third-order valence-electron chi connectivity index (χ3n) is 2.01. The van der Waals surface area contributed by atoms with Crippen molar-refractivity contribution < 1.29 is 13.9 Å². The Morgan fingerprint density at radius 1 is 1.50 bits per heavy atom. The van der Waals surface area contributed by atoms with E-state index in [1.54, 1.807) is 19.1 Å². The molecular formula is C10H8ClFO2. The molecule has 1 aromatic carbocycles. The van der Waals surface area contributed by atoms with Crippen LogP contribution in [0.3, 0.4) is 0 Å². The first-order chi connectivity index (χ1) is 6.59. The summed E-state index contributed by atoms with van der Waals surface area (Å²) in [5.74, 6) is -0.253. The van der Waals surface area contributed by atoms with E-state index in [4.69, 9.17) is 16.0 Å². The summed E-state index contributed by atoms with van der Waals surface area (Å²) < 4.78 is 18.5. The monoisotopic (exact) mass is 214 g/mol. The zero-order chi connectivity index (χ0) is 10.3. The SMILES string of the molecule is CC(O)c1cc2ccc(Cl)c(F)c2o1. The van der Waals surface area contributed by atoms with Crippen LogP contribution >= 0.6 is 11.6 Å². The van der Waals surface area contributed by atoms with Crippen molar-refractivity contribution in [2.75, 3.05) is 0 Å². The number of benzene rings is 1. The molecule has 2 rings (SSSR count). The molecule has 0 fully saturated rings. The van der Waals surface area contributed by atoms with E-state index >= 15 is 0 Å². The first-order valence-corrected chi connectivity index (χ1v) is 4.53. The van der Waals surface area contributed by atoms with Crippen molar-refractivity contribution in [3.05, 3.63) is 34.8 Å². The Bertz CT molecular complexity index is 476. The highest BCUT2D eigenvalue weighted by Gasteiger charge is 2.13. The summed E-state index contributed by atoms with van der Waals surface area (Å²) in [6.07, 6.45) is -0.749. The van der Waals surface area contributed by atoms with Crippen molar-refractivity contribution in [3.8, 4) is 0 Å². The molecular weight excluding hydrogens is 207 g/mol. The topological polar surface area (TPSA) is 33.4 Å². The Balaban J connectivity index is 2.71. The van der Waals surface area contributed by atoms with Gasteiger partial charge in [-0.3, -0.25) is 0 Å². The second-order valence-electron chi connectivity index (χ2n) is 3.10. The number of aliphatic hydroxyl groups excluding tert-OH is 1. The molecule has 0 radical (unpaired) electrons. The van der Waals surface area contributed by atoms with Gasteiger partial charge in [-0.2, -0.15) is 0 Å². The second-order valence-corrected chi connectivity index (χ2v) is 3.51. The minimum atomic E-state index is -0.749. The largest absolute Gasteiger partial charge is 0.455 e. The molecule has 1 heterocycles. The summed E-state index contributed by atoms with van der Waals surface area (Å²) in [6, 6.07) is 4.70. The lowest BCUT2D eigenvalue weighted by atomic mass is 10.2. The van der Waals surface area contributed by atoms with E-state index in [1.807, 2.05) is 0 Å². The third-order valence-corrected chi connectivity index (χ3v) is 2.30. The maximum Gasteiger partial charge on any atom is 0.184 e. The Kier molecular flexibility index (Phi) is 2.21. The Labute approximate surface area is 84.9 Å². The van der Waals surface area contributed by atoms with Crippen molar-refractivity contribution in [1.82, 2.24) is 0 Å². The lowest BCUT2D eigenvalue weighted by molar-refractivity contribution is 0.172. The lowest BCUT2D eigenvalue weighted by Crippen LogP contribution is -1.85. The maximum atomic E-state index is 13.4. The molecule has 1 aromatic heterocycles. The third kappa shape index (κ3) is 1.38. The van der Waals surface area contributed by atoms with Crippen LogP contribution in [0, 0.1) is 5.82 Å². The van der Waals surface area contributed by atoms with Gasteiger partial charge in [0.1, 0.15) is 11.9 Å². The van der Waals surface area contributed by atoms with Crippen LogP contribution in [0.5, 0.6) is 0 Å². The van der Waals surface area contributed by atoms with Crippen LogP contribution in [0.1, 0.15) is 18.8 Å².